The van der Waals surface area contributed by atoms with Crippen molar-refractivity contribution in [2.45, 2.75) is 11.8 Å². The molecule has 0 spiro atoms. The largest absolute Gasteiger partial charge is 0.492 e. The number of amides is 1. The molecular formula is C36H40N4O8S2. The van der Waals surface area contributed by atoms with Gasteiger partial charge in [-0.3, -0.25) is 14.4 Å². The maximum atomic E-state index is 14.1. The number of hydrogen-bond acceptors (Lipinski definition) is 11. The zero-order chi connectivity index (χ0) is 35.1. The molecule has 14 heteroatoms. The summed E-state index contributed by atoms with van der Waals surface area (Å²) in [7, 11) is -2.91. The fraction of sp³-hybridized carbons (Fsp3) is 0.333. The second-order valence-electron chi connectivity index (χ2n) is 11.8. The lowest BCUT2D eigenvalue weighted by atomic mass is 10.1. The van der Waals surface area contributed by atoms with E-state index in [1.54, 1.807) is 31.2 Å². The van der Waals surface area contributed by atoms with Crippen molar-refractivity contribution < 1.29 is 37.0 Å². The summed E-state index contributed by atoms with van der Waals surface area (Å²) < 4.78 is 52.2. The third-order valence-corrected chi connectivity index (χ3v) is 11.5. The first-order chi connectivity index (χ1) is 24.2. The first kappa shape index (κ1) is 35.4. The Hall–Kier alpha value is -4.47. The molecule has 3 aromatic carbocycles. The van der Waals surface area contributed by atoms with Crippen molar-refractivity contribution in [2.24, 2.45) is 0 Å². The summed E-state index contributed by atoms with van der Waals surface area (Å²) in [4.78, 5) is 30.8. The number of nitrogens with one attached hydrogen (secondary N) is 2. The summed E-state index contributed by atoms with van der Waals surface area (Å²) in [6.45, 7) is 9.04. The van der Waals surface area contributed by atoms with E-state index in [2.05, 4.69) is 19.8 Å². The number of benzene rings is 3. The topological polar surface area (TPSA) is 136 Å². The molecule has 2 aliphatic rings. The number of carbonyl (C=O) groups excluding carboxylic acids is 2. The molecule has 264 valence electrons. The summed E-state index contributed by atoms with van der Waals surface area (Å²) in [5, 5.41) is 2.92. The lowest BCUT2D eigenvalue weighted by Gasteiger charge is -2.28. The van der Waals surface area contributed by atoms with Crippen LogP contribution in [0.2, 0.25) is 0 Å². The van der Waals surface area contributed by atoms with Gasteiger partial charge >= 0.3 is 5.97 Å². The standard InChI is InChI=1S/C36H40N4O8S2/c1-25-32(35(41)37-28-9-13-31(14-10-28)48-24-17-39-15-20-46-21-16-39)49-33(26-5-11-30(12-6-26)40-18-22-47-23-19-40)34(25)50(43,44)38-29-7-3-27(4-8-29)36(42)45-2/h3-14,38H,15-24H2,1-2H3,(H,37,41). The van der Waals surface area contributed by atoms with Gasteiger partial charge in [-0.25, -0.2) is 13.2 Å². The average molecular weight is 721 g/mol. The number of anilines is 3. The van der Waals surface area contributed by atoms with E-state index in [0.29, 0.717) is 47.3 Å². The minimum atomic E-state index is -4.19. The highest BCUT2D eigenvalue weighted by atomic mass is 32.2. The molecule has 2 N–H and O–H groups in total. The molecule has 4 aromatic rings. The molecule has 0 radical (unpaired) electrons. The van der Waals surface area contributed by atoms with Crippen molar-refractivity contribution in [1.29, 1.82) is 0 Å². The quantitative estimate of drug-likeness (QED) is 0.190. The van der Waals surface area contributed by atoms with Gasteiger partial charge in [-0.2, -0.15) is 0 Å². The minimum Gasteiger partial charge on any atom is -0.492 e. The van der Waals surface area contributed by atoms with Gasteiger partial charge in [-0.15, -0.1) is 11.3 Å². The zero-order valence-electron chi connectivity index (χ0n) is 28.0. The summed E-state index contributed by atoms with van der Waals surface area (Å²) in [5.41, 5.74) is 3.08. The van der Waals surface area contributed by atoms with Crippen molar-refractivity contribution in [2.75, 3.05) is 87.8 Å². The van der Waals surface area contributed by atoms with Crippen LogP contribution in [-0.2, 0) is 24.2 Å². The number of hydrogen-bond donors (Lipinski definition) is 2. The molecule has 1 amide bonds. The number of esters is 1. The first-order valence-electron chi connectivity index (χ1n) is 16.3. The first-order valence-corrected chi connectivity index (χ1v) is 18.6. The zero-order valence-corrected chi connectivity index (χ0v) is 29.6. The molecular weight excluding hydrogens is 681 g/mol. The van der Waals surface area contributed by atoms with E-state index in [9.17, 15) is 18.0 Å². The monoisotopic (exact) mass is 720 g/mol. The van der Waals surface area contributed by atoms with Crippen LogP contribution in [0.4, 0.5) is 17.1 Å². The third kappa shape index (κ3) is 8.45. The Morgan fingerprint density at radius 1 is 0.840 bits per heavy atom. The maximum absolute atomic E-state index is 14.1. The Morgan fingerprint density at radius 3 is 2.10 bits per heavy atom. The van der Waals surface area contributed by atoms with Crippen LogP contribution in [0, 0.1) is 6.92 Å². The summed E-state index contributed by atoms with van der Waals surface area (Å²) in [6, 6.07) is 20.7. The molecule has 3 heterocycles. The summed E-state index contributed by atoms with van der Waals surface area (Å²) in [6.07, 6.45) is 0. The van der Waals surface area contributed by atoms with Crippen molar-refractivity contribution >= 4 is 50.3 Å². The van der Waals surface area contributed by atoms with E-state index >= 15 is 0 Å². The van der Waals surface area contributed by atoms with Crippen molar-refractivity contribution in [1.82, 2.24) is 4.90 Å². The Bertz CT molecular complexity index is 1880. The van der Waals surface area contributed by atoms with Gasteiger partial charge in [-0.05, 0) is 78.7 Å². The molecule has 0 atom stereocenters. The predicted octanol–water partition coefficient (Wildman–Crippen LogP) is 5.11. The highest BCUT2D eigenvalue weighted by molar-refractivity contribution is 7.93. The summed E-state index contributed by atoms with van der Waals surface area (Å²) in [5.74, 6) is -0.272. The van der Waals surface area contributed by atoms with Crippen LogP contribution in [0.1, 0.15) is 25.6 Å². The normalized spacial score (nSPS) is 15.4. The van der Waals surface area contributed by atoms with Crippen LogP contribution in [0.25, 0.3) is 10.4 Å². The van der Waals surface area contributed by atoms with Crippen LogP contribution in [0.15, 0.2) is 77.7 Å². The van der Waals surface area contributed by atoms with Crippen LogP contribution in [0.3, 0.4) is 0 Å². The van der Waals surface area contributed by atoms with E-state index in [0.717, 1.165) is 63.0 Å². The Labute approximate surface area is 295 Å². The number of sulfonamides is 1. The molecule has 12 nitrogen and oxygen atoms in total. The van der Waals surface area contributed by atoms with Gasteiger partial charge in [-0.1, -0.05) is 12.1 Å². The van der Waals surface area contributed by atoms with Gasteiger partial charge in [0.1, 0.15) is 17.3 Å². The Kier molecular flexibility index (Phi) is 11.3. The predicted molar refractivity (Wildman–Crippen MR) is 193 cm³/mol. The number of ether oxygens (including phenoxy) is 4. The SMILES string of the molecule is COC(=O)c1ccc(NS(=O)(=O)c2c(-c3ccc(N4CCOCC4)cc3)sc(C(=O)Nc3ccc(OCCN4CCOCC4)cc3)c2C)cc1. The molecule has 0 aliphatic carbocycles. The third-order valence-electron chi connectivity index (χ3n) is 8.52. The van der Waals surface area contributed by atoms with E-state index in [4.69, 9.17) is 18.9 Å². The molecule has 2 saturated heterocycles. The maximum Gasteiger partial charge on any atom is 0.337 e. The number of thiophene rings is 1. The number of carbonyl (C=O) groups is 2. The van der Waals surface area contributed by atoms with Crippen molar-refractivity contribution in [3.63, 3.8) is 0 Å². The summed E-state index contributed by atoms with van der Waals surface area (Å²) >= 11 is 1.12. The van der Waals surface area contributed by atoms with E-state index < -0.39 is 21.9 Å². The fourth-order valence-corrected chi connectivity index (χ4v) is 8.85. The van der Waals surface area contributed by atoms with Crippen molar-refractivity contribution in [3.8, 4) is 16.2 Å². The van der Waals surface area contributed by atoms with E-state index in [-0.39, 0.29) is 21.0 Å². The Balaban J connectivity index is 1.23. The minimum absolute atomic E-state index is 0.00725. The lowest BCUT2D eigenvalue weighted by molar-refractivity contribution is 0.0322. The van der Waals surface area contributed by atoms with Crippen molar-refractivity contribution in [3.05, 3.63) is 88.8 Å². The van der Waals surface area contributed by atoms with Crippen LogP contribution in [-0.4, -0.2) is 98.1 Å². The number of rotatable bonds is 12. The highest BCUT2D eigenvalue weighted by Gasteiger charge is 2.30. The van der Waals surface area contributed by atoms with Crippen LogP contribution >= 0.6 is 11.3 Å². The van der Waals surface area contributed by atoms with Gasteiger partial charge in [0.25, 0.3) is 15.9 Å². The molecule has 1 aromatic heterocycles. The van der Waals surface area contributed by atoms with Gasteiger partial charge in [0.2, 0.25) is 0 Å². The average Bonchev–Trinajstić information content (AvgIpc) is 3.51. The molecule has 2 fully saturated rings. The highest BCUT2D eigenvalue weighted by Crippen LogP contribution is 2.41. The number of morpholine rings is 2. The van der Waals surface area contributed by atoms with E-state index in [1.165, 1.54) is 31.4 Å². The van der Waals surface area contributed by atoms with Crippen LogP contribution in [0.5, 0.6) is 5.75 Å². The van der Waals surface area contributed by atoms with Gasteiger partial charge < -0.3 is 29.2 Å². The molecule has 6 rings (SSSR count). The second-order valence-corrected chi connectivity index (χ2v) is 14.5. The molecule has 0 saturated carbocycles. The molecule has 0 unspecified atom stereocenters. The molecule has 2 aliphatic heterocycles. The molecule has 50 heavy (non-hydrogen) atoms. The smallest absolute Gasteiger partial charge is 0.337 e. The van der Waals surface area contributed by atoms with E-state index in [1.807, 2.05) is 24.3 Å². The number of nitrogens with zero attached hydrogens (tertiary/aromatic N) is 2. The molecule has 0 bridgehead atoms. The number of methoxy groups -OCH3 is 1. The second kappa shape index (κ2) is 16.0. The van der Waals surface area contributed by atoms with Gasteiger partial charge in [0.05, 0.1) is 48.9 Å². The fourth-order valence-electron chi connectivity index (χ4n) is 5.81. The lowest BCUT2D eigenvalue weighted by Crippen LogP contribution is -2.38. The van der Waals surface area contributed by atoms with Crippen LogP contribution < -0.4 is 19.7 Å². The van der Waals surface area contributed by atoms with Gasteiger partial charge in [0, 0.05) is 49.8 Å². The van der Waals surface area contributed by atoms with Gasteiger partial charge in [0.15, 0.2) is 0 Å². The Morgan fingerprint density at radius 2 is 1.46 bits per heavy atom.